The lowest BCUT2D eigenvalue weighted by atomic mass is 9.97. The Morgan fingerprint density at radius 1 is 1.43 bits per heavy atom. The van der Waals surface area contributed by atoms with E-state index in [9.17, 15) is 4.79 Å². The maximum atomic E-state index is 13.0. The van der Waals surface area contributed by atoms with Gasteiger partial charge >= 0.3 is 0 Å². The number of ether oxygens (including phenoxy) is 1. The molecular formula is C16H19ClN2O2S2. The minimum atomic E-state index is 0.0730. The van der Waals surface area contributed by atoms with Gasteiger partial charge in [-0.25, -0.2) is 4.98 Å². The fourth-order valence-electron chi connectivity index (χ4n) is 2.87. The molecule has 0 radical (unpaired) electrons. The quantitative estimate of drug-likeness (QED) is 0.572. The lowest BCUT2D eigenvalue weighted by molar-refractivity contribution is 0.183. The molecule has 1 aliphatic rings. The van der Waals surface area contributed by atoms with Crippen LogP contribution in [0.25, 0.3) is 10.2 Å². The maximum Gasteiger partial charge on any atom is 0.263 e. The summed E-state index contributed by atoms with van der Waals surface area (Å²) >= 11 is 8.80. The van der Waals surface area contributed by atoms with Gasteiger partial charge in [0, 0.05) is 23.3 Å². The highest BCUT2D eigenvalue weighted by Crippen LogP contribution is 2.34. The van der Waals surface area contributed by atoms with Crippen LogP contribution in [0.3, 0.4) is 0 Å². The summed E-state index contributed by atoms with van der Waals surface area (Å²) < 4.78 is 6.91. The van der Waals surface area contributed by atoms with E-state index >= 15 is 0 Å². The summed E-state index contributed by atoms with van der Waals surface area (Å²) in [7, 11) is 1.65. The topological polar surface area (TPSA) is 44.1 Å². The van der Waals surface area contributed by atoms with E-state index in [1.165, 1.54) is 34.2 Å². The van der Waals surface area contributed by atoms with Gasteiger partial charge in [0.2, 0.25) is 0 Å². The van der Waals surface area contributed by atoms with Gasteiger partial charge in [-0.2, -0.15) is 0 Å². The summed E-state index contributed by atoms with van der Waals surface area (Å²) in [6, 6.07) is 0. The predicted octanol–water partition coefficient (Wildman–Crippen LogP) is 3.83. The van der Waals surface area contributed by atoms with Gasteiger partial charge in [-0.15, -0.1) is 11.3 Å². The van der Waals surface area contributed by atoms with Gasteiger partial charge in [-0.05, 0) is 31.2 Å². The Bertz CT molecular complexity index is 782. The number of aromatic nitrogens is 2. The van der Waals surface area contributed by atoms with Crippen molar-refractivity contribution in [1.29, 1.82) is 0 Å². The monoisotopic (exact) mass is 370 g/mol. The van der Waals surface area contributed by atoms with Gasteiger partial charge in [0.25, 0.3) is 5.56 Å². The van der Waals surface area contributed by atoms with E-state index in [1.807, 2.05) is 6.08 Å². The van der Waals surface area contributed by atoms with Crippen molar-refractivity contribution in [3.8, 4) is 0 Å². The summed E-state index contributed by atoms with van der Waals surface area (Å²) in [6.45, 7) is 1.02. The van der Waals surface area contributed by atoms with E-state index in [4.69, 9.17) is 21.3 Å². The molecule has 0 atom stereocenters. The number of hydrogen-bond acceptors (Lipinski definition) is 5. The second kappa shape index (κ2) is 7.83. The standard InChI is InChI=1S/C16H19ClN2O2S2/c1-21-9-8-19-15(20)13-11-5-2-3-6-12(11)23-14(13)18-16(19)22-10-4-7-17/h4,7H,2-3,5-6,8-10H2,1H3/b7-4+. The first kappa shape index (κ1) is 17.0. The zero-order valence-electron chi connectivity index (χ0n) is 13.0. The number of nitrogens with zero attached hydrogens (tertiary/aromatic N) is 2. The molecule has 0 amide bonds. The van der Waals surface area contributed by atoms with Crippen LogP contribution in [0.15, 0.2) is 21.6 Å². The molecule has 0 spiro atoms. The smallest absolute Gasteiger partial charge is 0.263 e. The first-order valence-electron chi connectivity index (χ1n) is 7.68. The molecule has 4 nitrogen and oxygen atoms in total. The van der Waals surface area contributed by atoms with Gasteiger partial charge < -0.3 is 4.74 Å². The van der Waals surface area contributed by atoms with E-state index in [-0.39, 0.29) is 5.56 Å². The van der Waals surface area contributed by atoms with Crippen molar-refractivity contribution in [2.75, 3.05) is 19.5 Å². The first-order valence-corrected chi connectivity index (χ1v) is 9.92. The molecule has 0 bridgehead atoms. The van der Waals surface area contributed by atoms with Gasteiger partial charge in [0.15, 0.2) is 5.16 Å². The van der Waals surface area contributed by atoms with Crippen molar-refractivity contribution < 1.29 is 4.74 Å². The molecular weight excluding hydrogens is 352 g/mol. The van der Waals surface area contributed by atoms with E-state index in [1.54, 1.807) is 23.0 Å². The normalized spacial score (nSPS) is 14.7. The molecule has 0 saturated heterocycles. The minimum Gasteiger partial charge on any atom is -0.383 e. The third-order valence-corrected chi connectivity index (χ3v) is 6.25. The van der Waals surface area contributed by atoms with Crippen molar-refractivity contribution in [3.05, 3.63) is 32.4 Å². The second-order valence-electron chi connectivity index (χ2n) is 5.41. The number of hydrogen-bond donors (Lipinski definition) is 0. The zero-order chi connectivity index (χ0) is 16.2. The Balaban J connectivity index is 2.11. The minimum absolute atomic E-state index is 0.0730. The molecule has 2 aromatic rings. The van der Waals surface area contributed by atoms with E-state index in [0.29, 0.717) is 18.9 Å². The van der Waals surface area contributed by atoms with E-state index in [2.05, 4.69) is 0 Å². The van der Waals surface area contributed by atoms with Crippen molar-refractivity contribution in [1.82, 2.24) is 9.55 Å². The van der Waals surface area contributed by atoms with E-state index in [0.717, 1.165) is 34.6 Å². The molecule has 0 fully saturated rings. The summed E-state index contributed by atoms with van der Waals surface area (Å²) in [4.78, 5) is 20.0. The molecule has 0 aromatic carbocycles. The van der Waals surface area contributed by atoms with Crippen LogP contribution < -0.4 is 5.56 Å². The lowest BCUT2D eigenvalue weighted by Crippen LogP contribution is -2.25. The van der Waals surface area contributed by atoms with Crippen LogP contribution in [-0.4, -0.2) is 29.0 Å². The van der Waals surface area contributed by atoms with Crippen LogP contribution in [0.5, 0.6) is 0 Å². The Morgan fingerprint density at radius 2 is 2.26 bits per heavy atom. The van der Waals surface area contributed by atoms with Crippen LogP contribution in [0.2, 0.25) is 0 Å². The Hall–Kier alpha value is -0.820. The van der Waals surface area contributed by atoms with Crippen molar-refractivity contribution >= 4 is 44.9 Å². The van der Waals surface area contributed by atoms with Crippen molar-refractivity contribution in [3.63, 3.8) is 0 Å². The molecule has 23 heavy (non-hydrogen) atoms. The molecule has 3 rings (SSSR count). The molecule has 0 aliphatic heterocycles. The number of aryl methyl sites for hydroxylation is 2. The van der Waals surface area contributed by atoms with Crippen molar-refractivity contribution in [2.45, 2.75) is 37.4 Å². The number of methoxy groups -OCH3 is 1. The Labute approximate surface area is 148 Å². The molecule has 1 aliphatic carbocycles. The fourth-order valence-corrected chi connectivity index (χ4v) is 5.20. The average Bonchev–Trinajstić information content (AvgIpc) is 2.93. The third-order valence-electron chi connectivity index (χ3n) is 3.96. The van der Waals surface area contributed by atoms with Crippen LogP contribution in [0, 0.1) is 0 Å². The number of thiophene rings is 1. The SMILES string of the molecule is COCCn1c(SC/C=C/Cl)nc2sc3c(c2c1=O)CCCC3. The van der Waals surface area contributed by atoms with Gasteiger partial charge in [-0.3, -0.25) is 9.36 Å². The van der Waals surface area contributed by atoms with Crippen LogP contribution in [0.4, 0.5) is 0 Å². The fraction of sp³-hybridized carbons (Fsp3) is 0.500. The summed E-state index contributed by atoms with van der Waals surface area (Å²) in [5.41, 5.74) is 2.80. The third kappa shape index (κ3) is 3.50. The highest BCUT2D eigenvalue weighted by Gasteiger charge is 2.21. The van der Waals surface area contributed by atoms with Gasteiger partial charge in [0.05, 0.1) is 18.5 Å². The van der Waals surface area contributed by atoms with Gasteiger partial charge in [0.1, 0.15) is 4.83 Å². The molecule has 124 valence electrons. The summed E-state index contributed by atoms with van der Waals surface area (Å²) in [6.07, 6.45) is 6.29. The number of thioether (sulfide) groups is 1. The van der Waals surface area contributed by atoms with Crippen LogP contribution in [0.1, 0.15) is 23.3 Å². The summed E-state index contributed by atoms with van der Waals surface area (Å²) in [5.74, 6) is 0.694. The zero-order valence-corrected chi connectivity index (χ0v) is 15.4. The summed E-state index contributed by atoms with van der Waals surface area (Å²) in [5, 5.41) is 1.57. The molecule has 2 heterocycles. The molecule has 0 unspecified atom stereocenters. The highest BCUT2D eigenvalue weighted by molar-refractivity contribution is 7.99. The maximum absolute atomic E-state index is 13.0. The number of halogens is 1. The van der Waals surface area contributed by atoms with Crippen LogP contribution >= 0.6 is 34.7 Å². The highest BCUT2D eigenvalue weighted by atomic mass is 35.5. The van der Waals surface area contributed by atoms with Crippen molar-refractivity contribution in [2.24, 2.45) is 0 Å². The number of rotatable bonds is 6. The van der Waals surface area contributed by atoms with Crippen LogP contribution in [-0.2, 0) is 24.1 Å². The number of fused-ring (bicyclic) bond motifs is 3. The van der Waals surface area contributed by atoms with Gasteiger partial charge in [-0.1, -0.05) is 29.4 Å². The largest absolute Gasteiger partial charge is 0.383 e. The van der Waals surface area contributed by atoms with E-state index < -0.39 is 0 Å². The lowest BCUT2D eigenvalue weighted by Gasteiger charge is -2.12. The molecule has 0 saturated carbocycles. The average molecular weight is 371 g/mol. The molecule has 7 heteroatoms. The second-order valence-corrected chi connectivity index (χ2v) is 7.73. The Morgan fingerprint density at radius 3 is 3.04 bits per heavy atom. The predicted molar refractivity (Wildman–Crippen MR) is 98.1 cm³/mol. The Kier molecular flexibility index (Phi) is 5.80. The first-order chi connectivity index (χ1) is 11.3. The molecule has 0 N–H and O–H groups in total. The molecule has 2 aromatic heterocycles.